The summed E-state index contributed by atoms with van der Waals surface area (Å²) in [5, 5.41) is 0. The summed E-state index contributed by atoms with van der Waals surface area (Å²) in [5.41, 5.74) is 6.52. The van der Waals surface area contributed by atoms with Crippen LogP contribution in [0.5, 0.6) is 0 Å². The third kappa shape index (κ3) is 2.78. The third-order valence-electron chi connectivity index (χ3n) is 3.84. The van der Waals surface area contributed by atoms with Gasteiger partial charge in [-0.3, -0.25) is 4.90 Å². The summed E-state index contributed by atoms with van der Waals surface area (Å²) in [6, 6.07) is 4.50. The van der Waals surface area contributed by atoms with Crippen LogP contribution >= 0.6 is 0 Å². The van der Waals surface area contributed by atoms with Gasteiger partial charge < -0.3 is 10.2 Å². The molecule has 0 amide bonds. The van der Waals surface area contributed by atoms with Crippen molar-refractivity contribution in [2.75, 3.05) is 6.54 Å². The molecular formula is C15H26N2O. The molecule has 2 unspecified atom stereocenters. The molecule has 0 saturated carbocycles. The zero-order chi connectivity index (χ0) is 13.3. The fraction of sp³-hybridized carbons (Fsp3) is 0.733. The zero-order valence-electron chi connectivity index (χ0n) is 12.1. The molecule has 2 heterocycles. The first kappa shape index (κ1) is 13.6. The molecule has 0 aliphatic carbocycles. The Labute approximate surface area is 110 Å². The maximum atomic E-state index is 6.41. The molecule has 1 saturated heterocycles. The molecule has 1 aliphatic heterocycles. The molecule has 0 spiro atoms. The van der Waals surface area contributed by atoms with E-state index in [1.54, 1.807) is 0 Å². The third-order valence-corrected chi connectivity index (χ3v) is 3.84. The minimum Gasteiger partial charge on any atom is -0.465 e. The Morgan fingerprint density at radius 2 is 2.00 bits per heavy atom. The van der Waals surface area contributed by atoms with Crippen molar-refractivity contribution in [1.82, 2.24) is 4.90 Å². The Morgan fingerprint density at radius 3 is 2.56 bits per heavy atom. The largest absolute Gasteiger partial charge is 0.465 e. The standard InChI is InChI=1S/C15H26N2O/c1-11-8-9-13(18-11)14-12(16)7-5-6-10-17(14)15(2,3)4/h8-9,12,14H,5-7,10,16H2,1-4H3. The highest BCUT2D eigenvalue weighted by molar-refractivity contribution is 5.13. The Hall–Kier alpha value is -0.800. The van der Waals surface area contributed by atoms with Crippen LogP contribution in [0.1, 0.15) is 57.6 Å². The average molecular weight is 250 g/mol. The van der Waals surface area contributed by atoms with Gasteiger partial charge in [0.15, 0.2) is 0 Å². The van der Waals surface area contributed by atoms with Crippen LogP contribution in [0.15, 0.2) is 16.5 Å². The van der Waals surface area contributed by atoms with Crippen LogP contribution in [0.3, 0.4) is 0 Å². The van der Waals surface area contributed by atoms with Gasteiger partial charge in [0.25, 0.3) is 0 Å². The summed E-state index contributed by atoms with van der Waals surface area (Å²) in [6.45, 7) is 9.87. The molecular weight excluding hydrogens is 224 g/mol. The number of rotatable bonds is 1. The van der Waals surface area contributed by atoms with Crippen molar-refractivity contribution in [1.29, 1.82) is 0 Å². The van der Waals surface area contributed by atoms with Crippen LogP contribution in [0.25, 0.3) is 0 Å². The molecule has 0 aromatic carbocycles. The lowest BCUT2D eigenvalue weighted by Gasteiger charge is -2.41. The summed E-state index contributed by atoms with van der Waals surface area (Å²) in [5.74, 6) is 1.99. The number of hydrogen-bond donors (Lipinski definition) is 1. The number of furan rings is 1. The fourth-order valence-corrected chi connectivity index (χ4v) is 2.92. The minimum atomic E-state index is 0.118. The van der Waals surface area contributed by atoms with E-state index >= 15 is 0 Å². The number of nitrogens with zero attached hydrogens (tertiary/aromatic N) is 1. The number of aryl methyl sites for hydroxylation is 1. The van der Waals surface area contributed by atoms with E-state index in [0.717, 1.165) is 24.5 Å². The summed E-state index contributed by atoms with van der Waals surface area (Å²) in [4.78, 5) is 2.50. The van der Waals surface area contributed by atoms with Crippen molar-refractivity contribution in [3.8, 4) is 0 Å². The van der Waals surface area contributed by atoms with Gasteiger partial charge in [-0.05, 0) is 59.2 Å². The van der Waals surface area contributed by atoms with Crippen molar-refractivity contribution in [2.24, 2.45) is 5.73 Å². The molecule has 2 atom stereocenters. The van der Waals surface area contributed by atoms with Crippen LogP contribution in [0.4, 0.5) is 0 Å². The highest BCUT2D eigenvalue weighted by Gasteiger charge is 2.36. The molecule has 0 radical (unpaired) electrons. The van der Waals surface area contributed by atoms with Gasteiger partial charge in [0.1, 0.15) is 11.5 Å². The highest BCUT2D eigenvalue weighted by Crippen LogP contribution is 2.35. The first-order valence-corrected chi connectivity index (χ1v) is 6.98. The van der Waals surface area contributed by atoms with Crippen LogP contribution < -0.4 is 5.73 Å². The monoisotopic (exact) mass is 250 g/mol. The van der Waals surface area contributed by atoms with E-state index in [1.165, 1.54) is 12.8 Å². The van der Waals surface area contributed by atoms with Gasteiger partial charge >= 0.3 is 0 Å². The predicted molar refractivity (Wildman–Crippen MR) is 74.5 cm³/mol. The maximum absolute atomic E-state index is 6.41. The first-order valence-electron chi connectivity index (χ1n) is 6.98. The van der Waals surface area contributed by atoms with Crippen molar-refractivity contribution in [3.63, 3.8) is 0 Å². The molecule has 0 bridgehead atoms. The molecule has 3 nitrogen and oxygen atoms in total. The topological polar surface area (TPSA) is 42.4 Å². The van der Waals surface area contributed by atoms with Crippen LogP contribution in [-0.4, -0.2) is 23.0 Å². The van der Waals surface area contributed by atoms with Gasteiger partial charge in [0, 0.05) is 11.6 Å². The molecule has 18 heavy (non-hydrogen) atoms. The SMILES string of the molecule is Cc1ccc(C2C(N)CCCCN2C(C)(C)C)o1. The lowest BCUT2D eigenvalue weighted by Crippen LogP contribution is -2.49. The number of hydrogen-bond acceptors (Lipinski definition) is 3. The van der Waals surface area contributed by atoms with Crippen LogP contribution in [0, 0.1) is 6.92 Å². The summed E-state index contributed by atoms with van der Waals surface area (Å²) in [7, 11) is 0. The number of nitrogens with two attached hydrogens (primary N) is 1. The molecule has 2 rings (SSSR count). The second kappa shape index (κ2) is 5.06. The summed E-state index contributed by atoms with van der Waals surface area (Å²) < 4.78 is 5.85. The van der Waals surface area contributed by atoms with Gasteiger partial charge in [-0.1, -0.05) is 6.42 Å². The minimum absolute atomic E-state index is 0.118. The second-order valence-electron chi connectivity index (χ2n) is 6.42. The molecule has 1 aromatic heterocycles. The van der Waals surface area contributed by atoms with Crippen LogP contribution in [-0.2, 0) is 0 Å². The van der Waals surface area contributed by atoms with E-state index < -0.39 is 0 Å². The first-order chi connectivity index (χ1) is 8.39. The Kier molecular flexibility index (Phi) is 3.83. The number of likely N-dealkylation sites (tertiary alicyclic amines) is 1. The van der Waals surface area contributed by atoms with Gasteiger partial charge in [-0.15, -0.1) is 0 Å². The molecule has 3 heteroatoms. The quantitative estimate of drug-likeness (QED) is 0.832. The summed E-state index contributed by atoms with van der Waals surface area (Å²) >= 11 is 0. The summed E-state index contributed by atoms with van der Waals surface area (Å²) in [6.07, 6.45) is 3.52. The van der Waals surface area contributed by atoms with Gasteiger partial charge in [0.05, 0.1) is 6.04 Å². The predicted octanol–water partition coefficient (Wildman–Crippen LogP) is 3.24. The van der Waals surface area contributed by atoms with E-state index in [9.17, 15) is 0 Å². The van der Waals surface area contributed by atoms with E-state index in [1.807, 2.05) is 13.0 Å². The normalized spacial score (nSPS) is 27.2. The van der Waals surface area contributed by atoms with Gasteiger partial charge in [0.2, 0.25) is 0 Å². The Bertz CT molecular complexity index is 391. The molecule has 2 N–H and O–H groups in total. The van der Waals surface area contributed by atoms with Gasteiger partial charge in [-0.25, -0.2) is 0 Å². The molecule has 1 aromatic rings. The molecule has 1 aliphatic rings. The second-order valence-corrected chi connectivity index (χ2v) is 6.42. The maximum Gasteiger partial charge on any atom is 0.122 e. The average Bonchev–Trinajstić information content (AvgIpc) is 2.56. The van der Waals surface area contributed by atoms with Gasteiger partial charge in [-0.2, -0.15) is 0 Å². The van der Waals surface area contributed by atoms with E-state index in [0.29, 0.717) is 0 Å². The van der Waals surface area contributed by atoms with Crippen molar-refractivity contribution < 1.29 is 4.42 Å². The Morgan fingerprint density at radius 1 is 1.28 bits per heavy atom. The van der Waals surface area contributed by atoms with Crippen LogP contribution in [0.2, 0.25) is 0 Å². The highest BCUT2D eigenvalue weighted by atomic mass is 16.3. The molecule has 102 valence electrons. The van der Waals surface area contributed by atoms with E-state index in [-0.39, 0.29) is 17.6 Å². The van der Waals surface area contributed by atoms with E-state index in [4.69, 9.17) is 10.2 Å². The zero-order valence-corrected chi connectivity index (χ0v) is 12.1. The van der Waals surface area contributed by atoms with Crippen molar-refractivity contribution in [3.05, 3.63) is 23.7 Å². The van der Waals surface area contributed by atoms with Crippen molar-refractivity contribution in [2.45, 2.75) is 64.6 Å². The smallest absolute Gasteiger partial charge is 0.122 e. The van der Waals surface area contributed by atoms with E-state index in [2.05, 4.69) is 31.7 Å². The lowest BCUT2D eigenvalue weighted by atomic mass is 9.96. The lowest BCUT2D eigenvalue weighted by molar-refractivity contribution is 0.0628. The van der Waals surface area contributed by atoms with Crippen molar-refractivity contribution >= 4 is 0 Å². The molecule has 1 fully saturated rings. The Balaban J connectivity index is 2.35. The fourth-order valence-electron chi connectivity index (χ4n) is 2.92.